The number of urea groups is 1. The molecule has 1 fully saturated rings. The van der Waals surface area contributed by atoms with Crippen LogP contribution in [0.5, 0.6) is 0 Å². The number of ketones is 1. The summed E-state index contributed by atoms with van der Waals surface area (Å²) in [5, 5.41) is 2.93. The number of piperidine rings is 1. The molecular formula is C20H22N2O2. The van der Waals surface area contributed by atoms with Crippen LogP contribution in [0, 0.1) is 12.8 Å². The van der Waals surface area contributed by atoms with Crippen molar-refractivity contribution in [1.29, 1.82) is 0 Å². The summed E-state index contributed by atoms with van der Waals surface area (Å²) in [6, 6.07) is 17.1. The van der Waals surface area contributed by atoms with Crippen LogP contribution in [0.25, 0.3) is 0 Å². The van der Waals surface area contributed by atoms with E-state index >= 15 is 0 Å². The standard InChI is InChI=1S/C20H22N2O2/c1-15-6-5-9-18(14-15)21-20(24)22-12-10-17(11-13-22)19(23)16-7-3-2-4-8-16/h2-9,14,17H,10-13H2,1H3,(H,21,24). The fourth-order valence-electron chi connectivity index (χ4n) is 3.11. The molecular weight excluding hydrogens is 300 g/mol. The number of carbonyl (C=O) groups excluding carboxylic acids is 2. The number of benzene rings is 2. The molecule has 0 bridgehead atoms. The number of aryl methyl sites for hydroxylation is 1. The summed E-state index contributed by atoms with van der Waals surface area (Å²) in [5.74, 6) is 0.199. The predicted molar refractivity (Wildman–Crippen MR) is 95.3 cm³/mol. The molecule has 0 unspecified atom stereocenters. The second-order valence-electron chi connectivity index (χ2n) is 6.29. The Morgan fingerprint density at radius 1 is 1.00 bits per heavy atom. The molecule has 2 aromatic rings. The second-order valence-corrected chi connectivity index (χ2v) is 6.29. The van der Waals surface area contributed by atoms with E-state index in [0.717, 1.165) is 29.7 Å². The highest BCUT2D eigenvalue weighted by Gasteiger charge is 2.27. The number of nitrogens with one attached hydrogen (secondary N) is 1. The Morgan fingerprint density at radius 2 is 1.71 bits per heavy atom. The fraction of sp³-hybridized carbons (Fsp3) is 0.300. The summed E-state index contributed by atoms with van der Waals surface area (Å²) in [7, 11) is 0. The van der Waals surface area contributed by atoms with Gasteiger partial charge >= 0.3 is 6.03 Å². The zero-order valence-electron chi connectivity index (χ0n) is 13.9. The predicted octanol–water partition coefficient (Wildman–Crippen LogP) is 4.12. The number of Topliss-reactive ketones (excluding diaryl/α,β-unsaturated/α-hetero) is 1. The summed E-state index contributed by atoms with van der Waals surface area (Å²) in [6.07, 6.45) is 1.43. The molecule has 0 aliphatic carbocycles. The molecule has 2 aromatic carbocycles. The van der Waals surface area contributed by atoms with Crippen molar-refractivity contribution in [2.45, 2.75) is 19.8 Å². The number of carbonyl (C=O) groups is 2. The molecule has 1 aliphatic rings. The van der Waals surface area contributed by atoms with Gasteiger partial charge in [0.25, 0.3) is 0 Å². The van der Waals surface area contributed by atoms with E-state index in [1.54, 1.807) is 4.90 Å². The van der Waals surface area contributed by atoms with E-state index in [0.29, 0.717) is 13.1 Å². The molecule has 1 saturated heterocycles. The van der Waals surface area contributed by atoms with E-state index in [2.05, 4.69) is 5.32 Å². The Balaban J connectivity index is 1.55. The first kappa shape index (κ1) is 16.2. The molecule has 1 N–H and O–H groups in total. The van der Waals surface area contributed by atoms with E-state index < -0.39 is 0 Å². The van der Waals surface area contributed by atoms with Crippen molar-refractivity contribution in [2.75, 3.05) is 18.4 Å². The van der Waals surface area contributed by atoms with Crippen LogP contribution >= 0.6 is 0 Å². The molecule has 4 heteroatoms. The van der Waals surface area contributed by atoms with Crippen LogP contribution in [0.2, 0.25) is 0 Å². The van der Waals surface area contributed by atoms with Crippen LogP contribution in [0.4, 0.5) is 10.5 Å². The normalized spacial score (nSPS) is 15.1. The summed E-state index contributed by atoms with van der Waals surface area (Å²) in [6.45, 7) is 3.22. The Morgan fingerprint density at radius 3 is 2.38 bits per heavy atom. The van der Waals surface area contributed by atoms with Crippen molar-refractivity contribution >= 4 is 17.5 Å². The monoisotopic (exact) mass is 322 g/mol. The van der Waals surface area contributed by atoms with Gasteiger partial charge in [-0.05, 0) is 37.5 Å². The maximum Gasteiger partial charge on any atom is 0.321 e. The molecule has 1 heterocycles. The number of hydrogen-bond acceptors (Lipinski definition) is 2. The van der Waals surface area contributed by atoms with Crippen LogP contribution in [-0.4, -0.2) is 29.8 Å². The largest absolute Gasteiger partial charge is 0.324 e. The Bertz CT molecular complexity index is 719. The lowest BCUT2D eigenvalue weighted by molar-refractivity contribution is 0.0859. The fourth-order valence-corrected chi connectivity index (χ4v) is 3.11. The number of amides is 2. The maximum absolute atomic E-state index is 12.5. The van der Waals surface area contributed by atoms with Crippen molar-refractivity contribution < 1.29 is 9.59 Å². The molecule has 0 saturated carbocycles. The third-order valence-electron chi connectivity index (χ3n) is 4.48. The van der Waals surface area contributed by atoms with Gasteiger partial charge in [-0.1, -0.05) is 42.5 Å². The lowest BCUT2D eigenvalue weighted by atomic mass is 9.89. The minimum absolute atomic E-state index is 0.00965. The lowest BCUT2D eigenvalue weighted by Crippen LogP contribution is -2.42. The number of hydrogen-bond donors (Lipinski definition) is 1. The van der Waals surface area contributed by atoms with Gasteiger partial charge in [-0.25, -0.2) is 4.79 Å². The highest BCUT2D eigenvalue weighted by molar-refractivity contribution is 5.98. The van der Waals surface area contributed by atoms with E-state index in [1.807, 2.05) is 61.5 Å². The molecule has 1 aliphatic heterocycles. The van der Waals surface area contributed by atoms with Crippen LogP contribution < -0.4 is 5.32 Å². The Labute approximate surface area is 142 Å². The molecule has 4 nitrogen and oxygen atoms in total. The number of likely N-dealkylation sites (tertiary alicyclic amines) is 1. The van der Waals surface area contributed by atoms with Crippen molar-refractivity contribution in [3.05, 3.63) is 65.7 Å². The first-order valence-corrected chi connectivity index (χ1v) is 8.35. The van der Waals surface area contributed by atoms with Gasteiger partial charge in [0.05, 0.1) is 0 Å². The minimum Gasteiger partial charge on any atom is -0.324 e. The van der Waals surface area contributed by atoms with Gasteiger partial charge in [-0.3, -0.25) is 4.79 Å². The zero-order valence-corrected chi connectivity index (χ0v) is 13.9. The highest BCUT2D eigenvalue weighted by Crippen LogP contribution is 2.22. The van der Waals surface area contributed by atoms with Gasteiger partial charge in [0, 0.05) is 30.3 Å². The van der Waals surface area contributed by atoms with E-state index in [-0.39, 0.29) is 17.7 Å². The van der Waals surface area contributed by atoms with Crippen LogP contribution in [0.3, 0.4) is 0 Å². The molecule has 0 radical (unpaired) electrons. The first-order valence-electron chi connectivity index (χ1n) is 8.35. The number of nitrogens with zero attached hydrogens (tertiary/aromatic N) is 1. The first-order chi connectivity index (χ1) is 11.6. The quantitative estimate of drug-likeness (QED) is 0.864. The Hall–Kier alpha value is -2.62. The number of rotatable bonds is 3. The summed E-state index contributed by atoms with van der Waals surface area (Å²) < 4.78 is 0. The van der Waals surface area contributed by atoms with Crippen LogP contribution in [-0.2, 0) is 0 Å². The second kappa shape index (κ2) is 7.30. The lowest BCUT2D eigenvalue weighted by Gasteiger charge is -2.31. The molecule has 3 rings (SSSR count). The molecule has 0 atom stereocenters. The van der Waals surface area contributed by atoms with Gasteiger partial charge in [0.15, 0.2) is 5.78 Å². The molecule has 124 valence electrons. The highest BCUT2D eigenvalue weighted by atomic mass is 16.2. The maximum atomic E-state index is 12.5. The van der Waals surface area contributed by atoms with Crippen molar-refractivity contribution in [3.8, 4) is 0 Å². The molecule has 24 heavy (non-hydrogen) atoms. The van der Waals surface area contributed by atoms with E-state index in [1.165, 1.54) is 0 Å². The summed E-state index contributed by atoms with van der Waals surface area (Å²) in [4.78, 5) is 26.6. The van der Waals surface area contributed by atoms with Gasteiger partial charge in [0.1, 0.15) is 0 Å². The number of anilines is 1. The van der Waals surface area contributed by atoms with Gasteiger partial charge in [-0.2, -0.15) is 0 Å². The SMILES string of the molecule is Cc1cccc(NC(=O)N2CCC(C(=O)c3ccccc3)CC2)c1. The summed E-state index contributed by atoms with van der Waals surface area (Å²) >= 11 is 0. The average Bonchev–Trinajstić information content (AvgIpc) is 2.62. The van der Waals surface area contributed by atoms with E-state index in [4.69, 9.17) is 0 Å². The van der Waals surface area contributed by atoms with Crippen LogP contribution in [0.15, 0.2) is 54.6 Å². The molecule has 0 spiro atoms. The zero-order chi connectivity index (χ0) is 16.9. The Kier molecular flexibility index (Phi) is 4.94. The van der Waals surface area contributed by atoms with Crippen molar-refractivity contribution in [3.63, 3.8) is 0 Å². The van der Waals surface area contributed by atoms with Gasteiger partial charge in [-0.15, -0.1) is 0 Å². The molecule has 0 aromatic heterocycles. The van der Waals surface area contributed by atoms with Gasteiger partial charge in [0.2, 0.25) is 0 Å². The van der Waals surface area contributed by atoms with E-state index in [9.17, 15) is 9.59 Å². The minimum atomic E-state index is -0.0915. The molecule has 2 amide bonds. The van der Waals surface area contributed by atoms with Crippen molar-refractivity contribution in [1.82, 2.24) is 4.90 Å². The summed E-state index contributed by atoms with van der Waals surface area (Å²) in [5.41, 5.74) is 2.68. The topological polar surface area (TPSA) is 49.4 Å². The van der Waals surface area contributed by atoms with Gasteiger partial charge < -0.3 is 10.2 Å². The third kappa shape index (κ3) is 3.82. The van der Waals surface area contributed by atoms with Crippen molar-refractivity contribution in [2.24, 2.45) is 5.92 Å². The third-order valence-corrected chi connectivity index (χ3v) is 4.48. The average molecular weight is 322 g/mol. The smallest absolute Gasteiger partial charge is 0.321 e. The van der Waals surface area contributed by atoms with Crippen LogP contribution in [0.1, 0.15) is 28.8 Å².